The van der Waals surface area contributed by atoms with Crippen molar-refractivity contribution in [1.29, 1.82) is 0 Å². The van der Waals surface area contributed by atoms with Crippen molar-refractivity contribution < 1.29 is 9.59 Å². The maximum Gasteiger partial charge on any atom is 0.261 e. The lowest BCUT2D eigenvalue weighted by Gasteiger charge is -2.23. The molecule has 1 aliphatic heterocycles. The van der Waals surface area contributed by atoms with Gasteiger partial charge in [0.15, 0.2) is 0 Å². The molecular weight excluding hydrogens is 356 g/mol. The molecule has 27 heavy (non-hydrogen) atoms. The van der Waals surface area contributed by atoms with Crippen LogP contribution in [0.5, 0.6) is 0 Å². The van der Waals surface area contributed by atoms with E-state index in [0.29, 0.717) is 17.0 Å². The van der Waals surface area contributed by atoms with E-state index in [9.17, 15) is 9.59 Å². The van der Waals surface area contributed by atoms with Crippen LogP contribution < -0.4 is 10.2 Å². The van der Waals surface area contributed by atoms with Gasteiger partial charge in [-0.1, -0.05) is 36.4 Å². The van der Waals surface area contributed by atoms with Crippen LogP contribution in [0.4, 0.5) is 5.69 Å². The summed E-state index contributed by atoms with van der Waals surface area (Å²) in [5, 5.41) is 4.84. The number of fused-ring (bicyclic) bond motifs is 1. The summed E-state index contributed by atoms with van der Waals surface area (Å²) in [6.07, 6.45) is 0.843. The molecule has 4 rings (SSSR count). The van der Waals surface area contributed by atoms with Gasteiger partial charge >= 0.3 is 0 Å². The zero-order valence-corrected chi connectivity index (χ0v) is 15.8. The van der Waals surface area contributed by atoms with Crippen molar-refractivity contribution in [2.24, 2.45) is 0 Å². The molecule has 1 aromatic heterocycles. The molecule has 1 atom stereocenters. The summed E-state index contributed by atoms with van der Waals surface area (Å²) >= 11 is 1.42. The maximum atomic E-state index is 13.0. The van der Waals surface area contributed by atoms with E-state index in [4.69, 9.17) is 0 Å². The number of rotatable bonds is 4. The van der Waals surface area contributed by atoms with E-state index in [1.165, 1.54) is 16.9 Å². The molecule has 2 aromatic carbocycles. The van der Waals surface area contributed by atoms with Gasteiger partial charge in [0, 0.05) is 23.8 Å². The van der Waals surface area contributed by atoms with Crippen LogP contribution in [0.15, 0.2) is 66.0 Å². The van der Waals surface area contributed by atoms with Crippen molar-refractivity contribution in [2.75, 3.05) is 4.90 Å². The van der Waals surface area contributed by atoms with Crippen molar-refractivity contribution in [3.8, 4) is 0 Å². The number of hydrogen-bond acceptors (Lipinski definition) is 3. The highest BCUT2D eigenvalue weighted by molar-refractivity contribution is 7.12. The Morgan fingerprint density at radius 2 is 1.93 bits per heavy atom. The molecule has 5 heteroatoms. The summed E-state index contributed by atoms with van der Waals surface area (Å²) in [6, 6.07) is 19.3. The summed E-state index contributed by atoms with van der Waals surface area (Å²) in [4.78, 5) is 27.7. The van der Waals surface area contributed by atoms with E-state index in [2.05, 4.69) is 18.3 Å². The van der Waals surface area contributed by atoms with Gasteiger partial charge in [-0.05, 0) is 54.1 Å². The number of nitrogens with zero attached hydrogens (tertiary/aromatic N) is 1. The summed E-state index contributed by atoms with van der Waals surface area (Å²) in [6.45, 7) is 2.50. The molecule has 0 saturated heterocycles. The quantitative estimate of drug-likeness (QED) is 0.739. The zero-order chi connectivity index (χ0) is 18.8. The molecule has 0 aliphatic carbocycles. The average molecular weight is 376 g/mol. The molecule has 1 N–H and O–H groups in total. The van der Waals surface area contributed by atoms with E-state index in [-0.39, 0.29) is 17.9 Å². The Hall–Kier alpha value is -2.92. The molecule has 2 heterocycles. The molecule has 1 aliphatic rings. The van der Waals surface area contributed by atoms with Gasteiger partial charge in [-0.2, -0.15) is 0 Å². The van der Waals surface area contributed by atoms with Crippen molar-refractivity contribution in [3.05, 3.63) is 87.6 Å². The summed E-state index contributed by atoms with van der Waals surface area (Å²) in [5.74, 6) is -0.0577. The number of nitrogens with one attached hydrogen (secondary N) is 1. The standard InChI is InChI=1S/C22H20N2O2S/c1-15-12-18-10-9-16(14-23-21(25)20-8-5-11-27-20)13-19(18)24(15)22(26)17-6-3-2-4-7-17/h2-11,13,15H,12,14H2,1H3,(H,23,25). The first-order valence-electron chi connectivity index (χ1n) is 8.95. The van der Waals surface area contributed by atoms with Crippen LogP contribution in [-0.4, -0.2) is 17.9 Å². The van der Waals surface area contributed by atoms with Gasteiger partial charge < -0.3 is 10.2 Å². The molecule has 0 saturated carbocycles. The zero-order valence-electron chi connectivity index (χ0n) is 15.0. The number of hydrogen-bond donors (Lipinski definition) is 1. The number of amides is 2. The van der Waals surface area contributed by atoms with Gasteiger partial charge in [0.1, 0.15) is 0 Å². The fourth-order valence-electron chi connectivity index (χ4n) is 3.47. The predicted molar refractivity (Wildman–Crippen MR) is 108 cm³/mol. The molecule has 1 unspecified atom stereocenters. The minimum atomic E-state index is -0.0731. The van der Waals surface area contributed by atoms with Gasteiger partial charge in [-0.3, -0.25) is 9.59 Å². The SMILES string of the molecule is CC1Cc2ccc(CNC(=O)c3cccs3)cc2N1C(=O)c1ccccc1. The lowest BCUT2D eigenvalue weighted by Crippen LogP contribution is -2.35. The van der Waals surface area contributed by atoms with Crippen LogP contribution in [0.2, 0.25) is 0 Å². The molecule has 0 bridgehead atoms. The van der Waals surface area contributed by atoms with Crippen LogP contribution in [0.1, 0.15) is 38.1 Å². The fraction of sp³-hybridized carbons (Fsp3) is 0.182. The number of benzene rings is 2. The Labute approximate surface area is 162 Å². The lowest BCUT2D eigenvalue weighted by atomic mass is 10.1. The van der Waals surface area contributed by atoms with Crippen LogP contribution in [0, 0.1) is 0 Å². The first-order chi connectivity index (χ1) is 13.1. The summed E-state index contributed by atoms with van der Waals surface area (Å²) in [7, 11) is 0. The third-order valence-corrected chi connectivity index (χ3v) is 5.67. The van der Waals surface area contributed by atoms with E-state index in [0.717, 1.165) is 17.7 Å². The molecule has 0 radical (unpaired) electrons. The van der Waals surface area contributed by atoms with Crippen LogP contribution in [0.25, 0.3) is 0 Å². The minimum absolute atomic E-state index is 0.0154. The predicted octanol–water partition coefficient (Wildman–Crippen LogP) is 4.27. The summed E-state index contributed by atoms with van der Waals surface area (Å²) in [5.41, 5.74) is 3.78. The van der Waals surface area contributed by atoms with Crippen molar-refractivity contribution in [2.45, 2.75) is 25.9 Å². The second-order valence-electron chi connectivity index (χ2n) is 6.72. The Bertz CT molecular complexity index is 967. The number of thiophene rings is 1. The smallest absolute Gasteiger partial charge is 0.261 e. The number of carbonyl (C=O) groups is 2. The third kappa shape index (κ3) is 3.51. The normalized spacial score (nSPS) is 15.4. The van der Waals surface area contributed by atoms with Gasteiger partial charge in [0.05, 0.1) is 4.88 Å². The molecular formula is C22H20N2O2S. The Balaban J connectivity index is 1.55. The van der Waals surface area contributed by atoms with Crippen molar-refractivity contribution in [1.82, 2.24) is 5.32 Å². The highest BCUT2D eigenvalue weighted by atomic mass is 32.1. The Kier molecular flexibility index (Phi) is 4.77. The molecule has 4 nitrogen and oxygen atoms in total. The molecule has 136 valence electrons. The van der Waals surface area contributed by atoms with E-state index < -0.39 is 0 Å². The lowest BCUT2D eigenvalue weighted by molar-refractivity contribution is 0.0952. The number of carbonyl (C=O) groups excluding carboxylic acids is 2. The van der Waals surface area contributed by atoms with Gasteiger partial charge in [0.25, 0.3) is 11.8 Å². The van der Waals surface area contributed by atoms with E-state index in [1.807, 2.05) is 64.9 Å². The second-order valence-corrected chi connectivity index (χ2v) is 7.67. The molecule has 2 amide bonds. The highest BCUT2D eigenvalue weighted by Crippen LogP contribution is 2.34. The Morgan fingerprint density at radius 1 is 1.11 bits per heavy atom. The first-order valence-corrected chi connectivity index (χ1v) is 9.83. The first kappa shape index (κ1) is 17.5. The van der Waals surface area contributed by atoms with Crippen LogP contribution >= 0.6 is 11.3 Å². The van der Waals surface area contributed by atoms with E-state index in [1.54, 1.807) is 0 Å². The molecule has 0 fully saturated rings. The topological polar surface area (TPSA) is 49.4 Å². The second kappa shape index (κ2) is 7.37. The molecule has 3 aromatic rings. The van der Waals surface area contributed by atoms with Crippen molar-refractivity contribution in [3.63, 3.8) is 0 Å². The number of anilines is 1. The van der Waals surface area contributed by atoms with Crippen molar-refractivity contribution >= 4 is 28.8 Å². The average Bonchev–Trinajstić information content (AvgIpc) is 3.33. The van der Waals surface area contributed by atoms with Crippen LogP contribution in [-0.2, 0) is 13.0 Å². The summed E-state index contributed by atoms with van der Waals surface area (Å²) < 4.78 is 0. The minimum Gasteiger partial charge on any atom is -0.347 e. The fourth-order valence-corrected chi connectivity index (χ4v) is 4.11. The van der Waals surface area contributed by atoms with Crippen LogP contribution in [0.3, 0.4) is 0 Å². The van der Waals surface area contributed by atoms with Gasteiger partial charge in [-0.15, -0.1) is 11.3 Å². The molecule has 0 spiro atoms. The van der Waals surface area contributed by atoms with Gasteiger partial charge in [-0.25, -0.2) is 0 Å². The Morgan fingerprint density at radius 3 is 2.67 bits per heavy atom. The monoisotopic (exact) mass is 376 g/mol. The third-order valence-electron chi connectivity index (χ3n) is 4.80. The largest absolute Gasteiger partial charge is 0.347 e. The highest BCUT2D eigenvalue weighted by Gasteiger charge is 2.31. The van der Waals surface area contributed by atoms with Gasteiger partial charge in [0.2, 0.25) is 0 Å². The maximum absolute atomic E-state index is 13.0. The van der Waals surface area contributed by atoms with E-state index >= 15 is 0 Å².